The lowest BCUT2D eigenvalue weighted by molar-refractivity contribution is -0.182. The number of halogens is 4. The van der Waals surface area contributed by atoms with Gasteiger partial charge in [-0.05, 0) is 43.7 Å². The lowest BCUT2D eigenvalue weighted by Crippen LogP contribution is -2.73. The predicted molar refractivity (Wildman–Crippen MR) is 125 cm³/mol. The summed E-state index contributed by atoms with van der Waals surface area (Å²) in [5, 5.41) is 9.22. The second-order valence-corrected chi connectivity index (χ2v) is 10.3. The Morgan fingerprint density at radius 1 is 1.03 bits per heavy atom. The fourth-order valence-corrected chi connectivity index (χ4v) is 5.54. The number of rotatable bonds is 3. The van der Waals surface area contributed by atoms with Crippen LogP contribution in [0.5, 0.6) is 0 Å². The van der Waals surface area contributed by atoms with Crippen LogP contribution in [0.15, 0.2) is 30.5 Å². The van der Waals surface area contributed by atoms with Crippen LogP contribution in [-0.4, -0.2) is 68.0 Å². The smallest absolute Gasteiger partial charge is 0.355 e. The van der Waals surface area contributed by atoms with Gasteiger partial charge in [0.15, 0.2) is 5.82 Å². The van der Waals surface area contributed by atoms with Crippen LogP contribution in [0.4, 0.5) is 24.9 Å². The molecule has 0 bridgehead atoms. The molecule has 1 atom stereocenters. The van der Waals surface area contributed by atoms with Crippen molar-refractivity contribution in [3.63, 3.8) is 0 Å². The van der Waals surface area contributed by atoms with Gasteiger partial charge in [0.1, 0.15) is 17.7 Å². The van der Waals surface area contributed by atoms with Crippen molar-refractivity contribution < 1.29 is 13.2 Å². The van der Waals surface area contributed by atoms with Gasteiger partial charge in [0.2, 0.25) is 5.95 Å². The standard InChI is InChI=1S/C23H24ClF3N8/c1-14(23(25,26)27)32-8-16-7-17(24)3-4-18(16)35-20(9-32)30-31-21(35)34-12-22(13-34)10-33(11-22)19-5-6-28-15(2)29-19/h3-7,14H,8-13H2,1-2H3. The number of nitrogens with zero attached hydrogens (tertiary/aromatic N) is 8. The Morgan fingerprint density at radius 2 is 1.77 bits per heavy atom. The summed E-state index contributed by atoms with van der Waals surface area (Å²) in [6, 6.07) is 5.62. The first-order chi connectivity index (χ1) is 16.6. The van der Waals surface area contributed by atoms with Gasteiger partial charge in [-0.15, -0.1) is 10.2 Å². The van der Waals surface area contributed by atoms with Crippen molar-refractivity contribution in [2.75, 3.05) is 36.0 Å². The number of anilines is 2. The third kappa shape index (κ3) is 3.81. The van der Waals surface area contributed by atoms with Crippen LogP contribution in [0.1, 0.15) is 24.1 Å². The summed E-state index contributed by atoms with van der Waals surface area (Å²) < 4.78 is 42.6. The van der Waals surface area contributed by atoms with E-state index in [9.17, 15) is 13.2 Å². The molecule has 0 saturated carbocycles. The zero-order valence-corrected chi connectivity index (χ0v) is 20.1. The molecule has 3 aliphatic heterocycles. The zero-order chi connectivity index (χ0) is 24.5. The third-order valence-electron chi connectivity index (χ3n) is 7.21. The summed E-state index contributed by atoms with van der Waals surface area (Å²) in [7, 11) is 0. The first kappa shape index (κ1) is 22.5. The fraction of sp³-hybridized carbons (Fsp3) is 0.478. The average molecular weight is 505 g/mol. The van der Waals surface area contributed by atoms with E-state index in [-0.39, 0.29) is 18.5 Å². The highest BCUT2D eigenvalue weighted by molar-refractivity contribution is 6.30. The number of aryl methyl sites for hydroxylation is 1. The minimum atomic E-state index is -4.35. The van der Waals surface area contributed by atoms with Crippen molar-refractivity contribution in [2.45, 2.75) is 39.2 Å². The molecule has 1 unspecified atom stereocenters. The van der Waals surface area contributed by atoms with Crippen LogP contribution in [0, 0.1) is 12.3 Å². The molecule has 8 nitrogen and oxygen atoms in total. The summed E-state index contributed by atoms with van der Waals surface area (Å²) in [6.45, 7) is 6.61. The molecule has 184 valence electrons. The molecule has 0 amide bonds. The lowest BCUT2D eigenvalue weighted by atomic mass is 9.73. The van der Waals surface area contributed by atoms with Crippen molar-refractivity contribution in [3.8, 4) is 5.69 Å². The Hall–Kier alpha value is -2.92. The van der Waals surface area contributed by atoms with Crippen LogP contribution in [0.3, 0.4) is 0 Å². The van der Waals surface area contributed by atoms with E-state index >= 15 is 0 Å². The van der Waals surface area contributed by atoms with E-state index in [4.69, 9.17) is 11.6 Å². The van der Waals surface area contributed by atoms with Crippen molar-refractivity contribution >= 4 is 23.4 Å². The second kappa shape index (κ2) is 7.79. The topological polar surface area (TPSA) is 66.2 Å². The summed E-state index contributed by atoms with van der Waals surface area (Å²) in [5.74, 6) is 2.83. The maximum Gasteiger partial charge on any atom is 0.403 e. The van der Waals surface area contributed by atoms with Crippen LogP contribution in [0.25, 0.3) is 5.69 Å². The Labute approximate surface area is 205 Å². The quantitative estimate of drug-likeness (QED) is 0.540. The number of fused-ring (bicyclic) bond motifs is 3. The normalized spacial score (nSPS) is 20.1. The van der Waals surface area contributed by atoms with Crippen LogP contribution in [0.2, 0.25) is 5.02 Å². The van der Waals surface area contributed by atoms with Gasteiger partial charge in [-0.25, -0.2) is 9.97 Å². The molecule has 2 aromatic heterocycles. The van der Waals surface area contributed by atoms with E-state index in [0.29, 0.717) is 16.8 Å². The highest BCUT2D eigenvalue weighted by Crippen LogP contribution is 2.44. The van der Waals surface area contributed by atoms with Gasteiger partial charge in [0.05, 0.1) is 12.2 Å². The number of hydrogen-bond donors (Lipinski definition) is 0. The molecule has 0 N–H and O–H groups in total. The number of alkyl halides is 3. The van der Waals surface area contributed by atoms with E-state index in [1.54, 1.807) is 18.3 Å². The number of aromatic nitrogens is 5. The molecule has 2 fully saturated rings. The molecule has 5 heterocycles. The van der Waals surface area contributed by atoms with Gasteiger partial charge in [-0.3, -0.25) is 9.47 Å². The molecule has 35 heavy (non-hydrogen) atoms. The van der Waals surface area contributed by atoms with Crippen molar-refractivity contribution in [2.24, 2.45) is 5.41 Å². The predicted octanol–water partition coefficient (Wildman–Crippen LogP) is 3.61. The van der Waals surface area contributed by atoms with Gasteiger partial charge < -0.3 is 9.80 Å². The minimum Gasteiger partial charge on any atom is -0.355 e. The van der Waals surface area contributed by atoms with E-state index < -0.39 is 12.2 Å². The minimum absolute atomic E-state index is 0.0415. The van der Waals surface area contributed by atoms with E-state index in [0.717, 1.165) is 49.1 Å². The molecular formula is C23H24ClF3N8. The van der Waals surface area contributed by atoms with Gasteiger partial charge in [-0.2, -0.15) is 13.2 Å². The highest BCUT2D eigenvalue weighted by atomic mass is 35.5. The molecule has 0 aliphatic carbocycles. The van der Waals surface area contributed by atoms with E-state index in [1.807, 2.05) is 23.6 Å². The molecule has 2 saturated heterocycles. The Bertz CT molecular complexity index is 1280. The van der Waals surface area contributed by atoms with Gasteiger partial charge in [0, 0.05) is 49.4 Å². The molecular weight excluding hydrogens is 481 g/mol. The molecule has 1 spiro atoms. The number of hydrogen-bond acceptors (Lipinski definition) is 7. The highest BCUT2D eigenvalue weighted by Gasteiger charge is 2.53. The van der Waals surface area contributed by atoms with Crippen LogP contribution in [-0.2, 0) is 13.1 Å². The fourth-order valence-electron chi connectivity index (χ4n) is 5.35. The monoisotopic (exact) mass is 504 g/mol. The molecule has 3 aromatic rings. The van der Waals surface area contributed by atoms with Gasteiger partial charge in [-0.1, -0.05) is 11.6 Å². The van der Waals surface area contributed by atoms with Crippen molar-refractivity contribution in [1.29, 1.82) is 0 Å². The van der Waals surface area contributed by atoms with Gasteiger partial charge in [0.25, 0.3) is 0 Å². The van der Waals surface area contributed by atoms with Crippen molar-refractivity contribution in [3.05, 3.63) is 52.7 Å². The molecule has 6 rings (SSSR count). The molecule has 0 radical (unpaired) electrons. The maximum absolute atomic E-state index is 13.6. The summed E-state index contributed by atoms with van der Waals surface area (Å²) >= 11 is 6.22. The van der Waals surface area contributed by atoms with Gasteiger partial charge >= 0.3 is 6.18 Å². The summed E-state index contributed by atoms with van der Waals surface area (Å²) in [5.41, 5.74) is 1.64. The number of benzene rings is 1. The largest absolute Gasteiger partial charge is 0.403 e. The third-order valence-corrected chi connectivity index (χ3v) is 7.44. The molecule has 12 heteroatoms. The van der Waals surface area contributed by atoms with E-state index in [2.05, 4.69) is 30.0 Å². The van der Waals surface area contributed by atoms with E-state index in [1.165, 1.54) is 11.8 Å². The first-order valence-electron chi connectivity index (χ1n) is 11.5. The first-order valence-corrected chi connectivity index (χ1v) is 11.8. The second-order valence-electron chi connectivity index (χ2n) is 9.82. The summed E-state index contributed by atoms with van der Waals surface area (Å²) in [4.78, 5) is 14.4. The molecule has 1 aromatic carbocycles. The van der Waals surface area contributed by atoms with Crippen LogP contribution >= 0.6 is 11.6 Å². The van der Waals surface area contributed by atoms with Crippen LogP contribution < -0.4 is 9.80 Å². The molecule has 3 aliphatic rings. The maximum atomic E-state index is 13.6. The average Bonchev–Trinajstić information content (AvgIpc) is 3.06. The Balaban J connectivity index is 1.26. The van der Waals surface area contributed by atoms with Crippen molar-refractivity contribution in [1.82, 2.24) is 29.6 Å². The summed E-state index contributed by atoms with van der Waals surface area (Å²) in [6.07, 6.45) is -2.58. The zero-order valence-electron chi connectivity index (χ0n) is 19.3. The Morgan fingerprint density at radius 3 is 2.49 bits per heavy atom. The lowest BCUT2D eigenvalue weighted by Gasteiger charge is -2.60. The Kier molecular flexibility index (Phi) is 5.02. The SMILES string of the molecule is Cc1nccc(N2CC3(C2)CN(c2nnc4n2-c2ccc(Cl)cc2CN(C(C)C(F)(F)F)C4)C3)n1.